The second-order valence-corrected chi connectivity index (χ2v) is 17.7. The first-order valence-corrected chi connectivity index (χ1v) is 22.7. The molecule has 6 atom stereocenters. The fraction of sp³-hybridized carbons (Fsp3) is 0.365. The van der Waals surface area contributed by atoms with E-state index in [2.05, 4.69) is 32.0 Å². The number of fused-ring (bicyclic) bond motifs is 3. The lowest BCUT2D eigenvalue weighted by atomic mass is 9.65. The van der Waals surface area contributed by atoms with E-state index in [-0.39, 0.29) is 19.1 Å². The van der Waals surface area contributed by atoms with Crippen LogP contribution in [0.1, 0.15) is 84.5 Å². The number of hydrogen-bond donors (Lipinski definition) is 3. The fourth-order valence-corrected chi connectivity index (χ4v) is 11.0. The van der Waals surface area contributed by atoms with Crippen LogP contribution >= 0.6 is 0 Å². The molecule has 1 aliphatic carbocycles. The summed E-state index contributed by atoms with van der Waals surface area (Å²) in [5, 5.41) is 24.6. The number of nitrogens with zero attached hydrogens (tertiary/aromatic N) is 5. The Balaban J connectivity index is 1.19. The maximum absolute atomic E-state index is 16.0. The SMILES string of the molecule is O=C1O[C@@H](c2ccccc2)[C@@H](c2ccccc2)N2[C@@H](c3cccc(OCCO)c3)[C@]3(C(=O)Nc4ccc(C#CC5(O)CCCCCC5)cc43)[C@@H](C(=O)N3CCN(c4ncccn4)CC3)[C@H]12. The number of amides is 2. The largest absolute Gasteiger partial charge is 0.491 e. The van der Waals surface area contributed by atoms with Gasteiger partial charge in [-0.2, -0.15) is 0 Å². The average Bonchev–Trinajstić information content (AvgIpc) is 3.71. The molecule has 1 spiro atoms. The third-order valence-corrected chi connectivity index (χ3v) is 13.9. The molecule has 4 aliphatic heterocycles. The number of esters is 1. The van der Waals surface area contributed by atoms with Crippen LogP contribution in [0.25, 0.3) is 0 Å². The molecule has 1 aromatic heterocycles. The van der Waals surface area contributed by atoms with Gasteiger partial charge in [0.25, 0.3) is 0 Å². The van der Waals surface area contributed by atoms with E-state index < -0.39 is 53.0 Å². The molecule has 5 aliphatic rings. The van der Waals surface area contributed by atoms with Gasteiger partial charge in [-0.15, -0.1) is 0 Å². The topological polar surface area (TPSA) is 158 Å². The zero-order chi connectivity index (χ0) is 44.5. The molecule has 3 saturated heterocycles. The standard InChI is InChI=1S/C52H52N6O7/c59-31-32-64-39-18-11-17-38(34-39)46-52(40-33-35(19-20-41(40)55-49(52)62)21-24-51(63)22-9-1-2-10-23-51)42(47(60)56-27-29-57(30-28-56)50-53-25-12-26-54-50)44-48(61)65-45(37-15-7-4-8-16-37)43(58(44)46)36-13-5-3-6-14-36/h3-8,11-20,25-26,33-34,42-46,59,63H,1-2,9-10,22-23,27-32H2,(H,55,62)/t42-,43-,44-,45+,46+,52-/m1/s1. The number of rotatable bonds is 8. The van der Waals surface area contributed by atoms with E-state index in [1.807, 2.05) is 102 Å². The molecule has 4 fully saturated rings. The van der Waals surface area contributed by atoms with Crippen molar-refractivity contribution in [3.63, 3.8) is 0 Å². The lowest BCUT2D eigenvalue weighted by Gasteiger charge is -2.46. The van der Waals surface area contributed by atoms with E-state index in [9.17, 15) is 10.2 Å². The molecule has 0 radical (unpaired) electrons. The summed E-state index contributed by atoms with van der Waals surface area (Å²) >= 11 is 0. The third-order valence-electron chi connectivity index (χ3n) is 13.9. The summed E-state index contributed by atoms with van der Waals surface area (Å²) in [5.41, 5.74) is 1.01. The lowest BCUT2D eigenvalue weighted by Crippen LogP contribution is -2.58. The van der Waals surface area contributed by atoms with Crippen molar-refractivity contribution in [2.45, 2.75) is 73.8 Å². The Bertz CT molecular complexity index is 2610. The number of aromatic nitrogens is 2. The van der Waals surface area contributed by atoms with Crippen molar-refractivity contribution in [2.24, 2.45) is 5.92 Å². The minimum absolute atomic E-state index is 0.0411. The van der Waals surface area contributed by atoms with Crippen LogP contribution in [0.2, 0.25) is 0 Å². The van der Waals surface area contributed by atoms with Gasteiger partial charge in [0.15, 0.2) is 0 Å². The zero-order valence-corrected chi connectivity index (χ0v) is 36.1. The van der Waals surface area contributed by atoms with E-state index in [1.165, 1.54) is 0 Å². The van der Waals surface area contributed by atoms with Gasteiger partial charge in [-0.1, -0.05) is 97.5 Å². The first-order chi connectivity index (χ1) is 31.8. The van der Waals surface area contributed by atoms with Crippen molar-refractivity contribution < 1.29 is 34.1 Å². The summed E-state index contributed by atoms with van der Waals surface area (Å²) in [6, 6.07) is 31.2. The molecule has 65 heavy (non-hydrogen) atoms. The summed E-state index contributed by atoms with van der Waals surface area (Å²) in [6.45, 7) is 1.31. The van der Waals surface area contributed by atoms with Crippen LogP contribution in [0.3, 0.4) is 0 Å². The monoisotopic (exact) mass is 872 g/mol. The molecule has 1 saturated carbocycles. The van der Waals surface area contributed by atoms with Crippen molar-refractivity contribution in [1.29, 1.82) is 0 Å². The molecule has 5 heterocycles. The highest BCUT2D eigenvalue weighted by atomic mass is 16.6. The maximum Gasteiger partial charge on any atom is 0.324 e. The Kier molecular flexibility index (Phi) is 11.6. The summed E-state index contributed by atoms with van der Waals surface area (Å²) in [5.74, 6) is 4.85. The number of benzene rings is 4. The number of cyclic esters (lactones) is 1. The summed E-state index contributed by atoms with van der Waals surface area (Å²) in [7, 11) is 0. The van der Waals surface area contributed by atoms with Gasteiger partial charge >= 0.3 is 5.97 Å². The van der Waals surface area contributed by atoms with Crippen LogP contribution in [0, 0.1) is 17.8 Å². The molecule has 13 heteroatoms. The van der Waals surface area contributed by atoms with E-state index in [0.717, 1.165) is 36.8 Å². The smallest absolute Gasteiger partial charge is 0.324 e. The van der Waals surface area contributed by atoms with E-state index in [4.69, 9.17) is 9.47 Å². The van der Waals surface area contributed by atoms with Gasteiger partial charge < -0.3 is 34.8 Å². The predicted molar refractivity (Wildman–Crippen MR) is 242 cm³/mol. The van der Waals surface area contributed by atoms with Gasteiger partial charge in [0.1, 0.15) is 35.5 Å². The van der Waals surface area contributed by atoms with Crippen LogP contribution in [-0.4, -0.2) is 98.8 Å². The van der Waals surface area contributed by atoms with Gasteiger partial charge in [-0.25, -0.2) is 9.97 Å². The molecule has 10 rings (SSSR count). The molecular weight excluding hydrogens is 821 g/mol. The number of nitrogens with one attached hydrogen (secondary N) is 1. The molecule has 3 N–H and O–H groups in total. The molecule has 4 aromatic carbocycles. The number of anilines is 2. The van der Waals surface area contributed by atoms with E-state index in [1.54, 1.807) is 29.4 Å². The van der Waals surface area contributed by atoms with Gasteiger partial charge in [0.05, 0.1) is 24.6 Å². The van der Waals surface area contributed by atoms with Crippen LogP contribution < -0.4 is 15.0 Å². The number of carbonyl (C=O) groups excluding carboxylic acids is 3. The minimum Gasteiger partial charge on any atom is -0.491 e. The second-order valence-electron chi connectivity index (χ2n) is 17.7. The van der Waals surface area contributed by atoms with Crippen LogP contribution in [0.4, 0.5) is 11.6 Å². The highest BCUT2D eigenvalue weighted by Gasteiger charge is 2.74. The van der Waals surface area contributed by atoms with Gasteiger partial charge in [-0.3, -0.25) is 19.3 Å². The molecular formula is C52H52N6O7. The third kappa shape index (κ3) is 7.69. The lowest BCUT2D eigenvalue weighted by molar-refractivity contribution is -0.179. The molecule has 0 bridgehead atoms. The van der Waals surface area contributed by atoms with Crippen molar-refractivity contribution in [3.05, 3.63) is 149 Å². The summed E-state index contributed by atoms with van der Waals surface area (Å²) in [4.78, 5) is 61.8. The first-order valence-electron chi connectivity index (χ1n) is 22.7. The van der Waals surface area contributed by atoms with Gasteiger partial charge in [-0.05, 0) is 84.3 Å². The first kappa shape index (κ1) is 42.4. The average molecular weight is 873 g/mol. The Hall–Kier alpha value is -6.59. The number of ether oxygens (including phenoxy) is 2. The highest BCUT2D eigenvalue weighted by Crippen LogP contribution is 2.65. The number of carbonyl (C=O) groups is 3. The van der Waals surface area contributed by atoms with Crippen LogP contribution in [0.5, 0.6) is 5.75 Å². The molecule has 0 unspecified atom stereocenters. The highest BCUT2D eigenvalue weighted by molar-refractivity contribution is 6.12. The van der Waals surface area contributed by atoms with Crippen LogP contribution in [-0.2, 0) is 24.5 Å². The molecule has 13 nitrogen and oxygen atoms in total. The van der Waals surface area contributed by atoms with Gasteiger partial charge in [0, 0.05) is 49.8 Å². The summed E-state index contributed by atoms with van der Waals surface area (Å²) in [6.07, 6.45) is 7.58. The Morgan fingerprint density at radius 1 is 0.800 bits per heavy atom. The Labute approximate surface area is 378 Å². The van der Waals surface area contributed by atoms with E-state index in [0.29, 0.717) is 73.1 Å². The van der Waals surface area contributed by atoms with Gasteiger partial charge in [0.2, 0.25) is 17.8 Å². The molecule has 2 amide bonds. The normalized spacial score (nSPS) is 26.0. The number of hydrogen-bond acceptors (Lipinski definition) is 11. The van der Waals surface area contributed by atoms with Crippen molar-refractivity contribution in [3.8, 4) is 17.6 Å². The fourth-order valence-electron chi connectivity index (χ4n) is 11.0. The molecule has 332 valence electrons. The van der Waals surface area contributed by atoms with Crippen molar-refractivity contribution in [1.82, 2.24) is 19.8 Å². The van der Waals surface area contributed by atoms with Crippen molar-refractivity contribution >= 4 is 29.4 Å². The zero-order valence-electron chi connectivity index (χ0n) is 36.1. The molecule has 5 aromatic rings. The number of morpholine rings is 1. The Morgan fingerprint density at radius 3 is 2.20 bits per heavy atom. The van der Waals surface area contributed by atoms with Crippen molar-refractivity contribution in [2.75, 3.05) is 49.6 Å². The summed E-state index contributed by atoms with van der Waals surface area (Å²) < 4.78 is 12.6. The predicted octanol–water partition coefficient (Wildman–Crippen LogP) is 5.90. The second kappa shape index (κ2) is 17.8. The maximum atomic E-state index is 16.0. The van der Waals surface area contributed by atoms with Crippen LogP contribution in [0.15, 0.2) is 122 Å². The Morgan fingerprint density at radius 2 is 1.49 bits per heavy atom. The number of aliphatic hydroxyl groups excluding tert-OH is 1. The minimum atomic E-state index is -1.72. The number of piperazine rings is 1. The van der Waals surface area contributed by atoms with E-state index >= 15 is 14.4 Å². The quantitative estimate of drug-likeness (QED) is 0.0969. The number of aliphatic hydroxyl groups is 2.